The van der Waals surface area contributed by atoms with Crippen molar-refractivity contribution in [1.29, 1.82) is 0 Å². The Labute approximate surface area is 143 Å². The number of hydrogen-bond acceptors (Lipinski definition) is 4. The molecular weight excluding hydrogens is 372 g/mol. The molecule has 1 aromatic rings. The number of nitrogens with one attached hydrogen (secondary N) is 1. The van der Waals surface area contributed by atoms with E-state index in [1.807, 2.05) is 0 Å². The number of alkyl halides is 3. The van der Waals surface area contributed by atoms with E-state index < -0.39 is 41.8 Å². The van der Waals surface area contributed by atoms with Crippen molar-refractivity contribution in [2.45, 2.75) is 18.3 Å². The average molecular weight is 381 g/mol. The summed E-state index contributed by atoms with van der Waals surface area (Å²) in [7, 11) is 0. The van der Waals surface area contributed by atoms with Crippen LogP contribution < -0.4 is 15.0 Å². The lowest BCUT2D eigenvalue weighted by Crippen LogP contribution is -2.68. The van der Waals surface area contributed by atoms with Crippen LogP contribution in [-0.4, -0.2) is 35.6 Å². The Bertz CT molecular complexity index is 757. The highest BCUT2D eigenvalue weighted by Crippen LogP contribution is 2.38. The number of nitrogens with zero attached hydrogens (tertiary/aromatic N) is 1. The monoisotopic (exact) mass is 380 g/mol. The Kier molecular flexibility index (Phi) is 4.83. The zero-order valence-corrected chi connectivity index (χ0v) is 12.9. The zero-order valence-electron chi connectivity index (χ0n) is 12.2. The van der Waals surface area contributed by atoms with Crippen molar-refractivity contribution >= 4 is 29.2 Å². The van der Waals surface area contributed by atoms with Crippen LogP contribution in [0.4, 0.5) is 28.0 Å². The Morgan fingerprint density at radius 2 is 2.08 bits per heavy atom. The Hall–Kier alpha value is -2.51. The predicted molar refractivity (Wildman–Crippen MR) is 77.4 cm³/mol. The summed E-state index contributed by atoms with van der Waals surface area (Å²) in [6.45, 7) is -0.265. The first-order valence-electron chi connectivity index (χ1n) is 6.49. The van der Waals surface area contributed by atoms with Crippen LogP contribution in [0.5, 0.6) is 5.75 Å². The van der Waals surface area contributed by atoms with Crippen molar-refractivity contribution in [3.63, 3.8) is 0 Å². The molecule has 25 heavy (non-hydrogen) atoms. The fraction of sp³-hybridized carbons (Fsp3) is 0.286. The lowest BCUT2D eigenvalue weighted by Gasteiger charge is -2.38. The third-order valence-electron chi connectivity index (χ3n) is 3.20. The standard InChI is InChI=1S/C14H9ClF4N2O4/c1-2-3-25-10-5-9(8(16)4-7(10)15)21-11(22)6-13(24,14(17,18)19)20-12(21)23/h1,4-5,24H,3,6H2,(H,20,23). The highest BCUT2D eigenvalue weighted by molar-refractivity contribution is 6.32. The number of terminal acetylenes is 1. The van der Waals surface area contributed by atoms with Gasteiger partial charge in [0.25, 0.3) is 0 Å². The topological polar surface area (TPSA) is 78.9 Å². The molecule has 0 radical (unpaired) electrons. The highest BCUT2D eigenvalue weighted by Gasteiger charge is 2.60. The van der Waals surface area contributed by atoms with Gasteiger partial charge in [0.1, 0.15) is 18.2 Å². The summed E-state index contributed by atoms with van der Waals surface area (Å²) in [4.78, 5) is 24.0. The average Bonchev–Trinajstić information content (AvgIpc) is 2.46. The Morgan fingerprint density at radius 3 is 2.60 bits per heavy atom. The molecule has 1 saturated heterocycles. The molecule has 1 atom stereocenters. The summed E-state index contributed by atoms with van der Waals surface area (Å²) in [5.74, 6) is -0.724. The van der Waals surface area contributed by atoms with Crippen LogP contribution in [0.1, 0.15) is 6.42 Å². The van der Waals surface area contributed by atoms with Crippen molar-refractivity contribution in [3.05, 3.63) is 23.0 Å². The van der Waals surface area contributed by atoms with Crippen LogP contribution in [0.3, 0.4) is 0 Å². The second-order valence-corrected chi connectivity index (χ2v) is 5.33. The van der Waals surface area contributed by atoms with E-state index in [2.05, 4.69) is 5.92 Å². The smallest absolute Gasteiger partial charge is 0.437 e. The van der Waals surface area contributed by atoms with Crippen LogP contribution in [0.25, 0.3) is 0 Å². The fourth-order valence-electron chi connectivity index (χ4n) is 2.02. The van der Waals surface area contributed by atoms with Gasteiger partial charge in [0.05, 0.1) is 17.1 Å². The van der Waals surface area contributed by atoms with Crippen LogP contribution in [0.2, 0.25) is 5.02 Å². The van der Waals surface area contributed by atoms with Crippen LogP contribution in [0.15, 0.2) is 12.1 Å². The number of rotatable bonds is 3. The van der Waals surface area contributed by atoms with E-state index >= 15 is 0 Å². The maximum absolute atomic E-state index is 14.1. The number of ether oxygens (including phenoxy) is 1. The normalized spacial score (nSPS) is 20.9. The van der Waals surface area contributed by atoms with Gasteiger partial charge < -0.3 is 15.2 Å². The van der Waals surface area contributed by atoms with Crippen LogP contribution in [-0.2, 0) is 4.79 Å². The van der Waals surface area contributed by atoms with E-state index in [1.54, 1.807) is 0 Å². The van der Waals surface area contributed by atoms with Crippen LogP contribution >= 0.6 is 11.6 Å². The van der Waals surface area contributed by atoms with E-state index in [4.69, 9.17) is 22.8 Å². The Morgan fingerprint density at radius 1 is 1.44 bits per heavy atom. The lowest BCUT2D eigenvalue weighted by molar-refractivity contribution is -0.269. The van der Waals surface area contributed by atoms with Crippen LogP contribution in [0, 0.1) is 18.2 Å². The minimum absolute atomic E-state index is 0.106. The fourth-order valence-corrected chi connectivity index (χ4v) is 2.23. The minimum atomic E-state index is -5.30. The molecule has 1 aliphatic rings. The van der Waals surface area contributed by atoms with Gasteiger partial charge in [-0.15, -0.1) is 6.42 Å². The van der Waals surface area contributed by atoms with Gasteiger partial charge in [-0.3, -0.25) is 4.79 Å². The van der Waals surface area contributed by atoms with Crippen molar-refractivity contribution in [2.75, 3.05) is 11.5 Å². The molecule has 0 saturated carbocycles. The number of benzene rings is 1. The number of anilines is 1. The Balaban J connectivity index is 2.41. The zero-order chi connectivity index (χ0) is 19.0. The van der Waals surface area contributed by atoms with Gasteiger partial charge in [-0.2, -0.15) is 13.2 Å². The highest BCUT2D eigenvalue weighted by atomic mass is 35.5. The van der Waals surface area contributed by atoms with Gasteiger partial charge in [0.15, 0.2) is 0 Å². The molecule has 2 rings (SSSR count). The number of aliphatic hydroxyl groups is 1. The quantitative estimate of drug-likeness (QED) is 0.622. The van der Waals surface area contributed by atoms with Crippen molar-refractivity contribution < 1.29 is 37.0 Å². The summed E-state index contributed by atoms with van der Waals surface area (Å²) in [6.07, 6.45) is -1.84. The van der Waals surface area contributed by atoms with Crippen molar-refractivity contribution in [1.82, 2.24) is 5.32 Å². The summed E-state index contributed by atoms with van der Waals surface area (Å²) in [5, 5.41) is 10.4. The van der Waals surface area contributed by atoms with Gasteiger partial charge in [0, 0.05) is 6.07 Å². The van der Waals surface area contributed by atoms with E-state index in [0.717, 1.165) is 6.07 Å². The third kappa shape index (κ3) is 3.47. The first kappa shape index (κ1) is 18.8. The van der Waals surface area contributed by atoms with Gasteiger partial charge in [0.2, 0.25) is 11.6 Å². The molecule has 2 N–H and O–H groups in total. The largest absolute Gasteiger partial charge is 0.479 e. The molecule has 0 aliphatic carbocycles. The van der Waals surface area contributed by atoms with Gasteiger partial charge in [-0.05, 0) is 6.07 Å². The molecule has 0 aromatic heterocycles. The number of urea groups is 1. The summed E-state index contributed by atoms with van der Waals surface area (Å²) < 4.78 is 57.4. The molecular formula is C14H9ClF4N2O4. The first-order valence-corrected chi connectivity index (χ1v) is 6.87. The lowest BCUT2D eigenvalue weighted by atomic mass is 10.1. The van der Waals surface area contributed by atoms with Gasteiger partial charge >= 0.3 is 12.2 Å². The second kappa shape index (κ2) is 6.42. The van der Waals surface area contributed by atoms with E-state index in [-0.39, 0.29) is 22.3 Å². The van der Waals surface area contributed by atoms with Crippen molar-refractivity contribution in [2.24, 2.45) is 0 Å². The summed E-state index contributed by atoms with van der Waals surface area (Å²) in [5.41, 5.74) is -4.45. The van der Waals surface area contributed by atoms with Gasteiger partial charge in [-0.25, -0.2) is 14.1 Å². The molecule has 11 heteroatoms. The molecule has 1 heterocycles. The molecule has 1 unspecified atom stereocenters. The molecule has 1 fully saturated rings. The van der Waals surface area contributed by atoms with Gasteiger partial charge in [-0.1, -0.05) is 17.5 Å². The number of carbonyl (C=O) groups is 2. The van der Waals surface area contributed by atoms with E-state index in [1.165, 1.54) is 5.32 Å². The molecule has 1 aliphatic heterocycles. The maximum atomic E-state index is 14.1. The number of halogens is 5. The maximum Gasteiger partial charge on any atom is 0.437 e. The SMILES string of the molecule is C#CCOc1cc(N2C(=O)CC(O)(C(F)(F)F)NC2=O)c(F)cc1Cl. The predicted octanol–water partition coefficient (Wildman–Crippen LogP) is 2.19. The number of amides is 3. The molecule has 134 valence electrons. The van der Waals surface area contributed by atoms with Crippen molar-refractivity contribution in [3.8, 4) is 18.1 Å². The molecule has 3 amide bonds. The van der Waals surface area contributed by atoms with E-state index in [0.29, 0.717) is 6.07 Å². The number of carbonyl (C=O) groups excluding carboxylic acids is 2. The minimum Gasteiger partial charge on any atom is -0.479 e. The molecule has 6 nitrogen and oxygen atoms in total. The summed E-state index contributed by atoms with van der Waals surface area (Å²) in [6, 6.07) is -0.126. The molecule has 0 spiro atoms. The third-order valence-corrected chi connectivity index (χ3v) is 3.49. The first-order chi connectivity index (χ1) is 11.5. The summed E-state index contributed by atoms with van der Waals surface area (Å²) >= 11 is 5.73. The number of imide groups is 1. The molecule has 1 aromatic carbocycles. The second-order valence-electron chi connectivity index (χ2n) is 4.92. The van der Waals surface area contributed by atoms with E-state index in [9.17, 15) is 32.3 Å². The number of hydrogen-bond donors (Lipinski definition) is 2. The molecule has 0 bridgehead atoms.